The molecule has 0 saturated heterocycles. The average molecular weight is 335 g/mol. The molecule has 5 aromatic rings. The number of hydrogen-bond donors (Lipinski definition) is 2. The SMILES string of the molecule is N#Cc1nc2c3ccccc3[nH]c2n(-c2ccc3ccccc3c2)c1=N. The summed E-state index contributed by atoms with van der Waals surface area (Å²) in [5, 5.41) is 21.1. The first kappa shape index (κ1) is 14.4. The van der Waals surface area contributed by atoms with Crippen molar-refractivity contribution >= 4 is 32.8 Å². The van der Waals surface area contributed by atoms with Gasteiger partial charge in [0.25, 0.3) is 0 Å². The molecule has 0 fully saturated rings. The third-order valence-corrected chi connectivity index (χ3v) is 4.65. The maximum Gasteiger partial charge on any atom is 0.184 e. The monoisotopic (exact) mass is 335 g/mol. The summed E-state index contributed by atoms with van der Waals surface area (Å²) in [6.45, 7) is 0. The molecule has 0 spiro atoms. The molecular weight excluding hydrogens is 322 g/mol. The van der Waals surface area contributed by atoms with Gasteiger partial charge < -0.3 is 4.98 Å². The van der Waals surface area contributed by atoms with Crippen LogP contribution in [0.5, 0.6) is 0 Å². The summed E-state index contributed by atoms with van der Waals surface area (Å²) in [5.41, 5.74) is 3.34. The summed E-state index contributed by atoms with van der Waals surface area (Å²) in [5.74, 6) is 0. The van der Waals surface area contributed by atoms with Crippen molar-refractivity contribution in [1.82, 2.24) is 14.5 Å². The van der Waals surface area contributed by atoms with Crippen LogP contribution in [0.25, 0.3) is 38.5 Å². The van der Waals surface area contributed by atoms with Crippen LogP contribution >= 0.6 is 0 Å². The number of nitriles is 1. The second-order valence-corrected chi connectivity index (χ2v) is 6.16. The molecule has 0 aliphatic rings. The molecule has 0 atom stereocenters. The van der Waals surface area contributed by atoms with Crippen molar-refractivity contribution in [2.24, 2.45) is 0 Å². The largest absolute Gasteiger partial charge is 0.339 e. The van der Waals surface area contributed by atoms with Crippen LogP contribution in [-0.4, -0.2) is 14.5 Å². The minimum atomic E-state index is 0.0711. The highest BCUT2D eigenvalue weighted by Crippen LogP contribution is 2.25. The molecule has 2 aromatic heterocycles. The molecule has 2 heterocycles. The molecule has 0 aliphatic carbocycles. The Morgan fingerprint density at radius 3 is 2.58 bits per heavy atom. The van der Waals surface area contributed by atoms with Crippen molar-refractivity contribution in [2.45, 2.75) is 0 Å². The molecule has 26 heavy (non-hydrogen) atoms. The van der Waals surface area contributed by atoms with E-state index in [0.29, 0.717) is 11.2 Å². The Bertz CT molecular complexity index is 1420. The van der Waals surface area contributed by atoms with E-state index in [1.165, 1.54) is 0 Å². The van der Waals surface area contributed by atoms with Crippen LogP contribution in [0, 0.1) is 16.7 Å². The molecule has 0 radical (unpaired) electrons. The number of fused-ring (bicyclic) bond motifs is 4. The Kier molecular flexibility index (Phi) is 2.94. The van der Waals surface area contributed by atoms with Gasteiger partial charge in [0.2, 0.25) is 0 Å². The molecule has 0 bridgehead atoms. The summed E-state index contributed by atoms with van der Waals surface area (Å²) >= 11 is 0. The van der Waals surface area contributed by atoms with Crippen LogP contribution < -0.4 is 5.49 Å². The van der Waals surface area contributed by atoms with E-state index in [4.69, 9.17) is 5.41 Å². The second kappa shape index (κ2) is 5.30. The summed E-state index contributed by atoms with van der Waals surface area (Å²) in [7, 11) is 0. The van der Waals surface area contributed by atoms with E-state index in [1.54, 1.807) is 4.57 Å². The first-order chi connectivity index (χ1) is 12.8. The van der Waals surface area contributed by atoms with E-state index < -0.39 is 0 Å². The van der Waals surface area contributed by atoms with Gasteiger partial charge in [-0.2, -0.15) is 5.26 Å². The van der Waals surface area contributed by atoms with Crippen LogP contribution in [-0.2, 0) is 0 Å². The zero-order valence-corrected chi connectivity index (χ0v) is 13.7. The number of para-hydroxylation sites is 1. The molecule has 122 valence electrons. The quantitative estimate of drug-likeness (QED) is 0.485. The number of H-pyrrole nitrogens is 1. The molecule has 5 heteroatoms. The third-order valence-electron chi connectivity index (χ3n) is 4.65. The lowest BCUT2D eigenvalue weighted by Gasteiger charge is -2.10. The predicted molar refractivity (Wildman–Crippen MR) is 101 cm³/mol. The third kappa shape index (κ3) is 1.96. The van der Waals surface area contributed by atoms with Crippen molar-refractivity contribution < 1.29 is 0 Å². The number of nitrogens with one attached hydrogen (secondary N) is 2. The van der Waals surface area contributed by atoms with Gasteiger partial charge >= 0.3 is 0 Å². The number of hydrogen-bond acceptors (Lipinski definition) is 3. The lowest BCUT2D eigenvalue weighted by Crippen LogP contribution is -2.23. The van der Waals surface area contributed by atoms with Crippen LogP contribution in [0.15, 0.2) is 66.7 Å². The molecule has 0 unspecified atom stereocenters. The first-order valence-electron chi connectivity index (χ1n) is 8.23. The van der Waals surface area contributed by atoms with Gasteiger partial charge in [0.1, 0.15) is 17.2 Å². The van der Waals surface area contributed by atoms with E-state index >= 15 is 0 Å². The van der Waals surface area contributed by atoms with E-state index in [0.717, 1.165) is 27.4 Å². The first-order valence-corrected chi connectivity index (χ1v) is 8.23. The van der Waals surface area contributed by atoms with Gasteiger partial charge in [0.05, 0.1) is 0 Å². The minimum absolute atomic E-state index is 0.0711. The zero-order chi connectivity index (χ0) is 17.7. The lowest BCUT2D eigenvalue weighted by molar-refractivity contribution is 0.923. The van der Waals surface area contributed by atoms with Crippen LogP contribution in [0.1, 0.15) is 5.69 Å². The van der Waals surface area contributed by atoms with Gasteiger partial charge in [-0.25, -0.2) is 4.98 Å². The van der Waals surface area contributed by atoms with Crippen molar-refractivity contribution in [3.63, 3.8) is 0 Å². The molecule has 5 nitrogen and oxygen atoms in total. The molecule has 5 rings (SSSR count). The summed E-state index contributed by atoms with van der Waals surface area (Å²) in [4.78, 5) is 7.79. The van der Waals surface area contributed by atoms with Crippen LogP contribution in [0.4, 0.5) is 0 Å². The van der Waals surface area contributed by atoms with Crippen molar-refractivity contribution in [1.29, 1.82) is 10.7 Å². The van der Waals surface area contributed by atoms with Gasteiger partial charge in [-0.1, -0.05) is 48.5 Å². The zero-order valence-electron chi connectivity index (χ0n) is 13.7. The topological polar surface area (TPSA) is 81.2 Å². The van der Waals surface area contributed by atoms with E-state index in [2.05, 4.69) is 22.1 Å². The Morgan fingerprint density at radius 1 is 0.962 bits per heavy atom. The highest BCUT2D eigenvalue weighted by atomic mass is 15.1. The molecule has 0 amide bonds. The summed E-state index contributed by atoms with van der Waals surface area (Å²) in [6, 6.07) is 24.0. The van der Waals surface area contributed by atoms with Gasteiger partial charge in [-0.3, -0.25) is 9.98 Å². The Hall–Kier alpha value is -3.91. The highest BCUT2D eigenvalue weighted by Gasteiger charge is 2.15. The van der Waals surface area contributed by atoms with Crippen molar-refractivity contribution in [3.8, 4) is 11.8 Å². The smallest absolute Gasteiger partial charge is 0.184 e. The van der Waals surface area contributed by atoms with Gasteiger partial charge in [0.15, 0.2) is 11.2 Å². The highest BCUT2D eigenvalue weighted by molar-refractivity contribution is 6.04. The number of nitrogens with zero attached hydrogens (tertiary/aromatic N) is 3. The number of aromatic nitrogens is 3. The van der Waals surface area contributed by atoms with Crippen LogP contribution in [0.3, 0.4) is 0 Å². The van der Waals surface area contributed by atoms with Gasteiger partial charge in [-0.05, 0) is 29.0 Å². The molecule has 3 aromatic carbocycles. The Balaban J connectivity index is 1.95. The Labute approximate surface area is 148 Å². The Morgan fingerprint density at radius 2 is 1.73 bits per heavy atom. The normalized spacial score (nSPS) is 11.2. The second-order valence-electron chi connectivity index (χ2n) is 6.16. The molecule has 0 saturated carbocycles. The lowest BCUT2D eigenvalue weighted by atomic mass is 10.1. The molecule has 0 aliphatic heterocycles. The molecular formula is C21H13N5. The predicted octanol–water partition coefficient (Wildman–Crippen LogP) is 4.01. The summed E-state index contributed by atoms with van der Waals surface area (Å²) < 4.78 is 1.76. The fraction of sp³-hybridized carbons (Fsp3) is 0. The van der Waals surface area contributed by atoms with Crippen LogP contribution in [0.2, 0.25) is 0 Å². The van der Waals surface area contributed by atoms with E-state index in [1.807, 2.05) is 60.7 Å². The van der Waals surface area contributed by atoms with E-state index in [9.17, 15) is 5.26 Å². The van der Waals surface area contributed by atoms with Crippen molar-refractivity contribution in [2.75, 3.05) is 0 Å². The maximum atomic E-state index is 9.47. The van der Waals surface area contributed by atoms with E-state index in [-0.39, 0.29) is 11.2 Å². The minimum Gasteiger partial charge on any atom is -0.339 e. The maximum absolute atomic E-state index is 9.47. The van der Waals surface area contributed by atoms with Gasteiger partial charge in [0, 0.05) is 16.6 Å². The standard InChI is InChI=1S/C21H13N5/c22-12-18-20(23)26(15-10-9-13-5-1-2-6-14(13)11-15)21-19(24-18)16-7-3-4-8-17(16)25-21/h1-11,23,25H. The molecule has 2 N–H and O–H groups in total. The fourth-order valence-corrected chi connectivity index (χ4v) is 3.42. The number of rotatable bonds is 1. The average Bonchev–Trinajstić information content (AvgIpc) is 3.05. The van der Waals surface area contributed by atoms with Gasteiger partial charge in [-0.15, -0.1) is 0 Å². The number of benzene rings is 3. The number of aromatic amines is 1. The van der Waals surface area contributed by atoms with Crippen molar-refractivity contribution in [3.05, 3.63) is 77.9 Å². The summed E-state index contributed by atoms with van der Waals surface area (Å²) in [6.07, 6.45) is 0. The fourth-order valence-electron chi connectivity index (χ4n) is 3.42.